The molecule has 1 heterocycles. The molecule has 0 aliphatic heterocycles. The number of unbranched alkanes of at least 4 members (excludes halogenated alkanes) is 3. The predicted molar refractivity (Wildman–Crippen MR) is 130 cm³/mol. The number of carbonyl (C=O) groups is 1. The minimum Gasteiger partial charge on any atom is -0.393 e. The van der Waals surface area contributed by atoms with Gasteiger partial charge in [-0.05, 0) is 61.5 Å². The van der Waals surface area contributed by atoms with Crippen molar-refractivity contribution in [3.8, 4) is 0 Å². The molecule has 1 aromatic carbocycles. The number of fused-ring (bicyclic) bond motifs is 1. The maximum Gasteiger partial charge on any atom is 0.233 e. The van der Waals surface area contributed by atoms with Crippen molar-refractivity contribution < 1.29 is 28.5 Å². The minimum absolute atomic E-state index is 0.00291. The van der Waals surface area contributed by atoms with Crippen molar-refractivity contribution in [2.45, 2.75) is 76.1 Å². The molecule has 0 radical (unpaired) electrons. The Morgan fingerprint density at radius 1 is 1.09 bits per heavy atom. The van der Waals surface area contributed by atoms with Crippen LogP contribution in [0.2, 0.25) is 0 Å². The fourth-order valence-electron chi connectivity index (χ4n) is 4.92. The van der Waals surface area contributed by atoms with Gasteiger partial charge in [0.1, 0.15) is 0 Å². The van der Waals surface area contributed by atoms with Crippen LogP contribution in [0.25, 0.3) is 10.1 Å². The zero-order chi connectivity index (χ0) is 24.0. The molecule has 1 amide bonds. The summed E-state index contributed by atoms with van der Waals surface area (Å²) in [6, 6.07) is 10.1. The van der Waals surface area contributed by atoms with Crippen molar-refractivity contribution >= 4 is 37.4 Å². The Morgan fingerprint density at radius 3 is 2.45 bits per heavy atom. The average molecular weight is 498 g/mol. The van der Waals surface area contributed by atoms with E-state index in [-0.39, 0.29) is 18.3 Å². The third kappa shape index (κ3) is 7.75. The number of carbonyl (C=O) groups excluding carboxylic acids is 1. The molecule has 1 aliphatic rings. The largest absolute Gasteiger partial charge is 0.393 e. The lowest BCUT2D eigenvalue weighted by Crippen LogP contribution is -2.28. The van der Waals surface area contributed by atoms with Gasteiger partial charge in [-0.2, -0.15) is 0 Å². The maximum absolute atomic E-state index is 11.5. The number of hydrogen-bond donors (Lipinski definition) is 4. The molecule has 0 spiro atoms. The molecule has 1 aromatic heterocycles. The van der Waals surface area contributed by atoms with Gasteiger partial charge in [-0.25, -0.2) is 8.42 Å². The number of aliphatic hydroxyl groups excluding tert-OH is 3. The number of amides is 1. The van der Waals surface area contributed by atoms with Gasteiger partial charge in [0.15, 0.2) is 0 Å². The Hall–Kier alpha value is -1.52. The second-order valence-corrected chi connectivity index (χ2v) is 12.1. The second kappa shape index (κ2) is 11.8. The van der Waals surface area contributed by atoms with Crippen LogP contribution in [-0.2, 0) is 14.8 Å². The number of rotatable bonds is 12. The molecule has 9 heteroatoms. The van der Waals surface area contributed by atoms with Gasteiger partial charge in [-0.15, -0.1) is 11.3 Å². The Bertz CT molecular complexity index is 988. The number of aliphatic hydroxyl groups is 3. The quantitative estimate of drug-likeness (QED) is 0.333. The third-order valence-corrected chi connectivity index (χ3v) is 8.37. The summed E-state index contributed by atoms with van der Waals surface area (Å²) in [5.74, 6) is -0.517. The number of nitrogens with one attached hydrogen (secondary N) is 1. The maximum atomic E-state index is 11.5. The lowest BCUT2D eigenvalue weighted by atomic mass is 9.84. The van der Waals surface area contributed by atoms with Gasteiger partial charge >= 0.3 is 0 Å². The first kappa shape index (κ1) is 26.1. The molecular weight excluding hydrogens is 462 g/mol. The lowest BCUT2D eigenvalue weighted by Gasteiger charge is -2.24. The molecule has 5 atom stereocenters. The zero-order valence-corrected chi connectivity index (χ0v) is 20.7. The van der Waals surface area contributed by atoms with E-state index in [1.165, 1.54) is 0 Å². The summed E-state index contributed by atoms with van der Waals surface area (Å²) in [7, 11) is -3.50. The molecule has 7 nitrogen and oxygen atoms in total. The number of thiophene rings is 1. The van der Waals surface area contributed by atoms with E-state index in [1.54, 1.807) is 11.3 Å². The first-order valence-electron chi connectivity index (χ1n) is 11.7. The van der Waals surface area contributed by atoms with Crippen molar-refractivity contribution in [1.82, 2.24) is 4.72 Å². The fraction of sp³-hybridized carbons (Fsp3) is 0.625. The summed E-state index contributed by atoms with van der Waals surface area (Å²) in [4.78, 5) is 12.5. The van der Waals surface area contributed by atoms with E-state index in [2.05, 4.69) is 0 Å². The van der Waals surface area contributed by atoms with Gasteiger partial charge in [-0.1, -0.05) is 37.5 Å². The molecule has 0 bridgehead atoms. The van der Waals surface area contributed by atoms with Gasteiger partial charge in [-0.3, -0.25) is 9.52 Å². The highest BCUT2D eigenvalue weighted by atomic mass is 32.2. The van der Waals surface area contributed by atoms with Crippen molar-refractivity contribution in [2.24, 2.45) is 11.8 Å². The summed E-state index contributed by atoms with van der Waals surface area (Å²) < 4.78 is 25.2. The minimum atomic E-state index is -3.50. The van der Waals surface area contributed by atoms with Crippen LogP contribution >= 0.6 is 11.3 Å². The smallest absolute Gasteiger partial charge is 0.233 e. The van der Waals surface area contributed by atoms with Gasteiger partial charge in [0, 0.05) is 16.0 Å². The predicted octanol–water partition coefficient (Wildman–Crippen LogP) is 3.49. The summed E-state index contributed by atoms with van der Waals surface area (Å²) in [5, 5.41) is 32.8. The summed E-state index contributed by atoms with van der Waals surface area (Å²) in [5.41, 5.74) is 0. The topological polar surface area (TPSA) is 124 Å². The van der Waals surface area contributed by atoms with Gasteiger partial charge < -0.3 is 15.3 Å². The second-order valence-electron chi connectivity index (χ2n) is 9.23. The van der Waals surface area contributed by atoms with Crippen LogP contribution in [0, 0.1) is 11.8 Å². The summed E-state index contributed by atoms with van der Waals surface area (Å²) in [6.45, 7) is 0. The molecule has 4 N–H and O–H groups in total. The Labute approximate surface area is 199 Å². The average Bonchev–Trinajstić information content (AvgIpc) is 3.28. The Balaban J connectivity index is 1.42. The van der Waals surface area contributed by atoms with Crippen molar-refractivity contribution in [2.75, 3.05) is 6.26 Å². The van der Waals surface area contributed by atoms with Crippen LogP contribution in [0.1, 0.15) is 68.8 Å². The number of sulfonamides is 1. The van der Waals surface area contributed by atoms with Crippen LogP contribution in [-0.4, -0.2) is 48.1 Å². The van der Waals surface area contributed by atoms with Gasteiger partial charge in [0.25, 0.3) is 0 Å². The highest BCUT2D eigenvalue weighted by Gasteiger charge is 2.40. The van der Waals surface area contributed by atoms with Crippen molar-refractivity contribution in [1.29, 1.82) is 0 Å². The molecule has 0 saturated heterocycles. The van der Waals surface area contributed by atoms with E-state index in [9.17, 15) is 28.5 Å². The van der Waals surface area contributed by atoms with Gasteiger partial charge in [0.2, 0.25) is 15.9 Å². The molecule has 2 aromatic rings. The molecular formula is C24H35NO6S2. The summed E-state index contributed by atoms with van der Waals surface area (Å²) >= 11 is 1.59. The normalized spacial score (nSPS) is 24.2. The van der Waals surface area contributed by atoms with E-state index in [0.717, 1.165) is 46.9 Å². The molecule has 3 rings (SSSR count). The molecule has 1 fully saturated rings. The molecule has 1 saturated carbocycles. The monoisotopic (exact) mass is 497 g/mol. The van der Waals surface area contributed by atoms with Gasteiger partial charge in [0.05, 0.1) is 24.6 Å². The number of benzene rings is 1. The van der Waals surface area contributed by atoms with E-state index < -0.39 is 34.2 Å². The van der Waals surface area contributed by atoms with Crippen LogP contribution < -0.4 is 4.72 Å². The van der Waals surface area contributed by atoms with E-state index in [4.69, 9.17) is 0 Å². The van der Waals surface area contributed by atoms with Crippen LogP contribution in [0.3, 0.4) is 0 Å². The third-order valence-electron chi connectivity index (χ3n) is 6.56. The molecule has 33 heavy (non-hydrogen) atoms. The van der Waals surface area contributed by atoms with Crippen LogP contribution in [0.4, 0.5) is 0 Å². The highest BCUT2D eigenvalue weighted by molar-refractivity contribution is 7.89. The van der Waals surface area contributed by atoms with Crippen molar-refractivity contribution in [3.05, 3.63) is 35.2 Å². The Morgan fingerprint density at radius 2 is 1.76 bits per heavy atom. The Kier molecular flexibility index (Phi) is 9.29. The van der Waals surface area contributed by atoms with E-state index >= 15 is 0 Å². The van der Waals surface area contributed by atoms with E-state index in [1.807, 2.05) is 35.1 Å². The van der Waals surface area contributed by atoms with Crippen LogP contribution in [0.15, 0.2) is 30.3 Å². The molecule has 184 valence electrons. The molecule has 3 unspecified atom stereocenters. The lowest BCUT2D eigenvalue weighted by molar-refractivity contribution is -0.119. The molecule has 1 aliphatic carbocycles. The SMILES string of the molecule is CS(=O)(=O)NC(=O)CCCCCCC1C(CCC(O)c2cc3ccccc3s2)[C@H](O)C[C@@H]1O. The standard InChI is InChI=1S/C24H35NO6S2/c1-33(30,31)25-24(29)11-5-3-2-4-9-17-18(21(28)15-20(17)27)12-13-19(26)23-14-16-8-6-7-10-22(16)32-23/h6-8,10,14,17-21,26-28H,2-5,9,11-13,15H2,1H3,(H,25,29)/t17?,18?,19?,20-,21+/m0/s1. The van der Waals surface area contributed by atoms with E-state index in [0.29, 0.717) is 25.7 Å². The zero-order valence-electron chi connectivity index (χ0n) is 19.0. The highest BCUT2D eigenvalue weighted by Crippen LogP contribution is 2.41. The summed E-state index contributed by atoms with van der Waals surface area (Å²) in [6.07, 6.45) is 5.01. The van der Waals surface area contributed by atoms with Crippen LogP contribution in [0.5, 0.6) is 0 Å². The number of hydrogen-bond acceptors (Lipinski definition) is 7. The first-order chi connectivity index (χ1) is 15.6. The van der Waals surface area contributed by atoms with Crippen molar-refractivity contribution in [3.63, 3.8) is 0 Å². The fourth-order valence-corrected chi connectivity index (χ4v) is 6.52. The first-order valence-corrected chi connectivity index (χ1v) is 14.4.